The number of nitrogens with zero attached hydrogens (tertiary/aromatic N) is 4. The molecule has 2 atom stereocenters. The molecule has 0 aliphatic heterocycles. The third-order valence-electron chi connectivity index (χ3n) is 4.53. The van der Waals surface area contributed by atoms with Crippen LogP contribution in [0.5, 0.6) is 0 Å². The maximum absolute atomic E-state index is 14.3. The highest BCUT2D eigenvalue weighted by atomic mass is 35.5. The Hall–Kier alpha value is -2.68. The molecule has 0 radical (unpaired) electrons. The van der Waals surface area contributed by atoms with Gasteiger partial charge in [0.2, 0.25) is 0 Å². The Balaban J connectivity index is 1.73. The summed E-state index contributed by atoms with van der Waals surface area (Å²) in [5.41, 5.74) is 8.63. The van der Waals surface area contributed by atoms with E-state index in [0.717, 1.165) is 10.9 Å². The van der Waals surface area contributed by atoms with Crippen LogP contribution in [0.2, 0.25) is 5.02 Å². The van der Waals surface area contributed by atoms with Crippen LogP contribution in [-0.4, -0.2) is 30.2 Å². The fraction of sp³-hybridized carbons (Fsp3) is 0.150. The molecule has 0 fully saturated rings. The van der Waals surface area contributed by atoms with Crippen LogP contribution in [0.4, 0.5) is 4.39 Å². The smallest absolute Gasteiger partial charge is 0.144 e. The van der Waals surface area contributed by atoms with Gasteiger partial charge in [0, 0.05) is 29.3 Å². The van der Waals surface area contributed by atoms with E-state index in [4.69, 9.17) is 17.3 Å². The lowest BCUT2D eigenvalue weighted by molar-refractivity contribution is 0.568. The zero-order chi connectivity index (χ0) is 20.5. The number of hydrogen-bond donors (Lipinski definition) is 1. The van der Waals surface area contributed by atoms with Gasteiger partial charge in [-0.2, -0.15) is 5.10 Å². The van der Waals surface area contributed by atoms with E-state index >= 15 is 0 Å². The van der Waals surface area contributed by atoms with Crippen LogP contribution in [-0.2, 0) is 17.2 Å². The van der Waals surface area contributed by atoms with Crippen molar-refractivity contribution in [1.82, 2.24) is 19.7 Å². The minimum Gasteiger partial charge on any atom is -0.322 e. The summed E-state index contributed by atoms with van der Waals surface area (Å²) in [5, 5.41) is 6.26. The average Bonchev–Trinajstić information content (AvgIpc) is 3.12. The van der Waals surface area contributed by atoms with Gasteiger partial charge in [-0.15, -0.1) is 0 Å². The summed E-state index contributed by atoms with van der Waals surface area (Å²) in [4.78, 5) is 8.59. The molecule has 4 rings (SSSR count). The lowest BCUT2D eigenvalue weighted by Gasteiger charge is -2.16. The standard InChI is InChI=1S/C20H17ClFN5OS/c1-29(28)19-7-5-14(22)16(26-19)10-15(23)20-18(3-2-8-24-20)27-17-6-4-13(21)9-12(17)11-25-27/h2-9,11,15H,10,23H2,1H3. The predicted octanol–water partition coefficient (Wildman–Crippen LogP) is 3.59. The third kappa shape index (κ3) is 3.91. The van der Waals surface area contributed by atoms with E-state index in [-0.39, 0.29) is 12.1 Å². The molecule has 1 aromatic carbocycles. The van der Waals surface area contributed by atoms with E-state index in [1.54, 1.807) is 29.2 Å². The summed E-state index contributed by atoms with van der Waals surface area (Å²) in [7, 11) is -1.31. The summed E-state index contributed by atoms with van der Waals surface area (Å²) < 4.78 is 27.7. The first-order valence-corrected chi connectivity index (χ1v) is 10.7. The van der Waals surface area contributed by atoms with Gasteiger partial charge in [0.05, 0.1) is 45.6 Å². The Kier molecular flexibility index (Phi) is 5.40. The average molecular weight is 430 g/mol. The fourth-order valence-electron chi connectivity index (χ4n) is 3.14. The van der Waals surface area contributed by atoms with Gasteiger partial charge in [-0.25, -0.2) is 14.1 Å². The minimum atomic E-state index is -1.31. The van der Waals surface area contributed by atoms with Gasteiger partial charge in [0.25, 0.3) is 0 Å². The van der Waals surface area contributed by atoms with Gasteiger partial charge < -0.3 is 5.73 Å². The Morgan fingerprint density at radius 1 is 1.28 bits per heavy atom. The van der Waals surface area contributed by atoms with Crippen LogP contribution >= 0.6 is 11.6 Å². The number of halogens is 2. The van der Waals surface area contributed by atoms with Crippen molar-refractivity contribution in [2.45, 2.75) is 17.5 Å². The summed E-state index contributed by atoms with van der Waals surface area (Å²) >= 11 is 6.06. The summed E-state index contributed by atoms with van der Waals surface area (Å²) in [6.45, 7) is 0. The predicted molar refractivity (Wildman–Crippen MR) is 111 cm³/mol. The van der Waals surface area contributed by atoms with Crippen molar-refractivity contribution in [2.75, 3.05) is 6.26 Å². The number of rotatable bonds is 5. The molecule has 0 saturated heterocycles. The highest BCUT2D eigenvalue weighted by Gasteiger charge is 2.19. The van der Waals surface area contributed by atoms with Gasteiger partial charge in [-0.05, 0) is 42.5 Å². The molecule has 2 N–H and O–H groups in total. The van der Waals surface area contributed by atoms with Crippen molar-refractivity contribution < 1.29 is 8.60 Å². The molecule has 0 aliphatic rings. The summed E-state index contributed by atoms with van der Waals surface area (Å²) in [6, 6.07) is 11.1. The van der Waals surface area contributed by atoms with Crippen LogP contribution in [0.15, 0.2) is 59.9 Å². The maximum atomic E-state index is 14.3. The quantitative estimate of drug-likeness (QED) is 0.524. The number of pyridine rings is 2. The van der Waals surface area contributed by atoms with Crippen molar-refractivity contribution in [3.8, 4) is 5.69 Å². The second-order valence-electron chi connectivity index (χ2n) is 6.51. The van der Waals surface area contributed by atoms with E-state index < -0.39 is 22.7 Å². The second kappa shape index (κ2) is 7.98. The van der Waals surface area contributed by atoms with Crippen molar-refractivity contribution in [3.05, 3.63) is 77.1 Å². The monoisotopic (exact) mass is 429 g/mol. The van der Waals surface area contributed by atoms with Crippen molar-refractivity contribution in [1.29, 1.82) is 0 Å². The SMILES string of the molecule is CS(=O)c1ccc(F)c(CC(N)c2ncccc2-n2ncc3cc(Cl)ccc32)n1. The Bertz CT molecular complexity index is 1230. The number of fused-ring (bicyclic) bond motifs is 1. The zero-order valence-electron chi connectivity index (χ0n) is 15.4. The van der Waals surface area contributed by atoms with Gasteiger partial charge in [0.15, 0.2) is 0 Å². The molecule has 148 valence electrons. The first kappa shape index (κ1) is 19.6. The van der Waals surface area contributed by atoms with E-state index in [0.29, 0.717) is 21.4 Å². The van der Waals surface area contributed by atoms with Crippen LogP contribution in [0.1, 0.15) is 17.4 Å². The molecule has 0 spiro atoms. The number of aromatic nitrogens is 4. The number of hydrogen-bond acceptors (Lipinski definition) is 5. The van der Waals surface area contributed by atoms with Crippen LogP contribution in [0, 0.1) is 5.82 Å². The van der Waals surface area contributed by atoms with Gasteiger partial charge in [-0.3, -0.25) is 9.19 Å². The molecule has 4 aromatic rings. The van der Waals surface area contributed by atoms with E-state index in [2.05, 4.69) is 15.1 Å². The lowest BCUT2D eigenvalue weighted by Crippen LogP contribution is -2.19. The van der Waals surface area contributed by atoms with Crippen molar-refractivity contribution in [2.24, 2.45) is 5.73 Å². The Labute approximate surface area is 174 Å². The highest BCUT2D eigenvalue weighted by Crippen LogP contribution is 2.26. The molecule has 0 aliphatic carbocycles. The van der Waals surface area contributed by atoms with E-state index in [1.807, 2.05) is 18.2 Å². The highest BCUT2D eigenvalue weighted by molar-refractivity contribution is 7.84. The number of benzene rings is 1. The third-order valence-corrected chi connectivity index (χ3v) is 5.58. The maximum Gasteiger partial charge on any atom is 0.144 e. The summed E-state index contributed by atoms with van der Waals surface area (Å²) in [6.07, 6.45) is 4.94. The van der Waals surface area contributed by atoms with Crippen LogP contribution < -0.4 is 5.73 Å². The zero-order valence-corrected chi connectivity index (χ0v) is 17.0. The Morgan fingerprint density at radius 2 is 2.10 bits per heavy atom. The fourth-order valence-corrected chi connectivity index (χ4v) is 3.82. The first-order chi connectivity index (χ1) is 13.9. The molecular formula is C20H17ClFN5OS. The minimum absolute atomic E-state index is 0.103. The summed E-state index contributed by atoms with van der Waals surface area (Å²) in [5.74, 6) is -0.494. The first-order valence-electron chi connectivity index (χ1n) is 8.77. The van der Waals surface area contributed by atoms with Crippen molar-refractivity contribution in [3.63, 3.8) is 0 Å². The molecule has 0 saturated carbocycles. The van der Waals surface area contributed by atoms with Gasteiger partial charge in [0.1, 0.15) is 10.8 Å². The van der Waals surface area contributed by atoms with E-state index in [9.17, 15) is 8.60 Å². The molecule has 6 nitrogen and oxygen atoms in total. The Morgan fingerprint density at radius 3 is 2.90 bits per heavy atom. The molecule has 9 heteroatoms. The van der Waals surface area contributed by atoms with Crippen molar-refractivity contribution >= 4 is 33.3 Å². The van der Waals surface area contributed by atoms with Gasteiger partial charge >= 0.3 is 0 Å². The molecule has 0 amide bonds. The number of nitrogens with two attached hydrogens (primary N) is 1. The lowest BCUT2D eigenvalue weighted by atomic mass is 10.1. The topological polar surface area (TPSA) is 86.7 Å². The molecule has 0 bridgehead atoms. The second-order valence-corrected chi connectivity index (χ2v) is 8.27. The van der Waals surface area contributed by atoms with Crippen LogP contribution in [0.3, 0.4) is 0 Å². The molecule has 3 heterocycles. The van der Waals surface area contributed by atoms with E-state index in [1.165, 1.54) is 18.4 Å². The largest absolute Gasteiger partial charge is 0.322 e. The molecule has 3 aromatic heterocycles. The van der Waals surface area contributed by atoms with Gasteiger partial charge in [-0.1, -0.05) is 11.6 Å². The van der Waals surface area contributed by atoms with Crippen LogP contribution in [0.25, 0.3) is 16.6 Å². The molecular weight excluding hydrogens is 413 g/mol. The molecule has 29 heavy (non-hydrogen) atoms. The molecule has 2 unspecified atom stereocenters. The normalized spacial score (nSPS) is 13.5.